The Morgan fingerprint density at radius 3 is 2.48 bits per heavy atom. The van der Waals surface area contributed by atoms with Gasteiger partial charge in [0.2, 0.25) is 0 Å². The van der Waals surface area contributed by atoms with Crippen LogP contribution in [0.15, 0.2) is 60.7 Å². The first-order valence-corrected chi connectivity index (χ1v) is 8.49. The summed E-state index contributed by atoms with van der Waals surface area (Å²) in [7, 11) is 1.39. The highest BCUT2D eigenvalue weighted by Gasteiger charge is 2.19. The topological polar surface area (TPSA) is 134 Å². The van der Waals surface area contributed by atoms with Gasteiger partial charge in [-0.05, 0) is 29.8 Å². The summed E-state index contributed by atoms with van der Waals surface area (Å²) in [4.78, 5) is 35.4. The zero-order valence-electron chi connectivity index (χ0n) is 15.5. The van der Waals surface area contributed by atoms with Crippen LogP contribution in [0, 0.1) is 0 Å². The van der Waals surface area contributed by atoms with Crippen LogP contribution in [-0.4, -0.2) is 35.3 Å². The number of nitrogens with one attached hydrogen (secondary N) is 2. The molecule has 0 spiro atoms. The number of imide groups is 1. The molecule has 2 aromatic rings. The molecule has 0 aliphatic rings. The van der Waals surface area contributed by atoms with E-state index in [0.29, 0.717) is 5.56 Å². The van der Waals surface area contributed by atoms with Gasteiger partial charge in [0.25, 0.3) is 11.8 Å². The Morgan fingerprint density at radius 2 is 1.86 bits per heavy atom. The molecule has 0 aromatic heterocycles. The molecular formula is C20H20N2O7. The molecule has 2 aromatic carbocycles. The number of carbonyl (C=O) groups is 3. The highest BCUT2D eigenvalue weighted by Crippen LogP contribution is 2.31. The highest BCUT2D eigenvalue weighted by atomic mass is 16.6. The van der Waals surface area contributed by atoms with Crippen molar-refractivity contribution in [1.82, 2.24) is 10.8 Å². The van der Waals surface area contributed by atoms with Crippen LogP contribution in [0.3, 0.4) is 0 Å². The lowest BCUT2D eigenvalue weighted by Crippen LogP contribution is -2.32. The number of methoxy groups -OCH3 is 1. The van der Waals surface area contributed by atoms with Crippen LogP contribution in [0.5, 0.6) is 11.5 Å². The predicted molar refractivity (Wildman–Crippen MR) is 101 cm³/mol. The summed E-state index contributed by atoms with van der Waals surface area (Å²) in [6.45, 7) is 0. The number of carbonyl (C=O) groups excluding carboxylic acids is 3. The largest absolute Gasteiger partial charge is 0.504 e. The van der Waals surface area contributed by atoms with Crippen molar-refractivity contribution in [2.45, 2.75) is 12.5 Å². The smallest absolute Gasteiger partial charge is 0.414 e. The number of phenols is 1. The summed E-state index contributed by atoms with van der Waals surface area (Å²) in [5.74, 6) is -1.34. The van der Waals surface area contributed by atoms with E-state index in [1.165, 1.54) is 42.9 Å². The zero-order valence-corrected chi connectivity index (χ0v) is 15.5. The van der Waals surface area contributed by atoms with Gasteiger partial charge in [-0.15, -0.1) is 0 Å². The van der Waals surface area contributed by atoms with Gasteiger partial charge in [-0.1, -0.05) is 30.3 Å². The molecule has 0 aliphatic carbocycles. The van der Waals surface area contributed by atoms with Crippen molar-refractivity contribution >= 4 is 17.9 Å². The molecule has 0 saturated carbocycles. The molecule has 4 N–H and O–H groups in total. The molecule has 0 bridgehead atoms. The van der Waals surface area contributed by atoms with E-state index in [9.17, 15) is 19.5 Å². The average Bonchev–Trinajstić information content (AvgIpc) is 2.73. The maximum atomic E-state index is 12.2. The zero-order chi connectivity index (χ0) is 21.2. The molecule has 2 rings (SSSR count). The second-order valence-corrected chi connectivity index (χ2v) is 5.76. The van der Waals surface area contributed by atoms with Gasteiger partial charge >= 0.3 is 6.09 Å². The Hall–Kier alpha value is -3.85. The lowest BCUT2D eigenvalue weighted by atomic mass is 10.1. The van der Waals surface area contributed by atoms with Crippen molar-refractivity contribution in [1.29, 1.82) is 0 Å². The lowest BCUT2D eigenvalue weighted by molar-refractivity contribution is -0.124. The van der Waals surface area contributed by atoms with Gasteiger partial charge in [-0.3, -0.25) is 20.1 Å². The third-order valence-electron chi connectivity index (χ3n) is 3.81. The Labute approximate surface area is 166 Å². The second-order valence-electron chi connectivity index (χ2n) is 5.76. The molecule has 9 nitrogen and oxygen atoms in total. The number of alkyl carbamates (subject to hydrolysis) is 1. The van der Waals surface area contributed by atoms with E-state index in [0.717, 1.165) is 6.08 Å². The number of rotatable bonds is 7. The Morgan fingerprint density at radius 1 is 1.14 bits per heavy atom. The average molecular weight is 400 g/mol. The van der Waals surface area contributed by atoms with Gasteiger partial charge in [0.05, 0.1) is 7.11 Å². The number of benzene rings is 2. The lowest BCUT2D eigenvalue weighted by Gasteiger charge is -2.18. The highest BCUT2D eigenvalue weighted by molar-refractivity contribution is 6.02. The minimum Gasteiger partial charge on any atom is -0.504 e. The SMILES string of the molecule is COc1ccc([C@@H](C/C=C/C(=O)NO)OC(=O)NC(=O)c2ccccc2)cc1O. The summed E-state index contributed by atoms with van der Waals surface area (Å²) in [5.41, 5.74) is 2.12. The van der Waals surface area contributed by atoms with Crippen molar-refractivity contribution in [2.75, 3.05) is 7.11 Å². The summed E-state index contributed by atoms with van der Waals surface area (Å²) >= 11 is 0. The van der Waals surface area contributed by atoms with Gasteiger partial charge in [-0.25, -0.2) is 10.3 Å². The van der Waals surface area contributed by atoms with Crippen LogP contribution < -0.4 is 15.5 Å². The van der Waals surface area contributed by atoms with Crippen molar-refractivity contribution in [2.24, 2.45) is 0 Å². The fraction of sp³-hybridized carbons (Fsp3) is 0.150. The van der Waals surface area contributed by atoms with E-state index in [1.807, 2.05) is 0 Å². The number of ether oxygens (including phenoxy) is 2. The van der Waals surface area contributed by atoms with Crippen LogP contribution in [0.2, 0.25) is 0 Å². The van der Waals surface area contributed by atoms with E-state index in [1.54, 1.807) is 24.3 Å². The molecule has 9 heteroatoms. The minimum atomic E-state index is -1.00. The van der Waals surface area contributed by atoms with Crippen LogP contribution in [0.4, 0.5) is 4.79 Å². The molecule has 0 aliphatic heterocycles. The monoisotopic (exact) mass is 400 g/mol. The first kappa shape index (κ1) is 21.5. The van der Waals surface area contributed by atoms with Gasteiger partial charge in [0.1, 0.15) is 6.10 Å². The first-order chi connectivity index (χ1) is 13.9. The van der Waals surface area contributed by atoms with Crippen LogP contribution in [-0.2, 0) is 9.53 Å². The molecule has 3 amide bonds. The minimum absolute atomic E-state index is 0.0339. The second kappa shape index (κ2) is 10.5. The van der Waals surface area contributed by atoms with E-state index in [4.69, 9.17) is 14.7 Å². The molecular weight excluding hydrogens is 380 g/mol. The van der Waals surface area contributed by atoms with Crippen LogP contribution in [0.1, 0.15) is 28.4 Å². The number of hydroxylamine groups is 1. The third kappa shape index (κ3) is 6.36. The Balaban J connectivity index is 2.14. The van der Waals surface area contributed by atoms with Gasteiger partial charge < -0.3 is 14.6 Å². The number of amides is 3. The molecule has 0 saturated heterocycles. The van der Waals surface area contributed by atoms with Crippen LogP contribution in [0.25, 0.3) is 0 Å². The maximum Gasteiger partial charge on any atom is 0.414 e. The molecule has 0 fully saturated rings. The van der Waals surface area contributed by atoms with Gasteiger partial charge in [0, 0.05) is 18.1 Å². The third-order valence-corrected chi connectivity index (χ3v) is 3.81. The standard InChI is InChI=1S/C20H20N2O7/c1-28-17-11-10-14(12-15(17)23)16(8-5-9-18(24)22-27)29-20(26)21-19(25)13-6-3-2-4-7-13/h2-7,9-12,16,23,27H,8H2,1H3,(H,22,24)(H,21,25,26)/b9-5+/t16-/m1/s1. The molecule has 1 atom stereocenters. The summed E-state index contributed by atoms with van der Waals surface area (Å²) in [5, 5.41) is 20.6. The molecule has 29 heavy (non-hydrogen) atoms. The van der Waals surface area contributed by atoms with Gasteiger partial charge in [-0.2, -0.15) is 0 Å². The van der Waals surface area contributed by atoms with E-state index >= 15 is 0 Å². The Bertz CT molecular complexity index is 897. The molecule has 0 heterocycles. The van der Waals surface area contributed by atoms with Gasteiger partial charge in [0.15, 0.2) is 11.5 Å². The number of hydrogen-bond acceptors (Lipinski definition) is 7. The maximum absolute atomic E-state index is 12.2. The van der Waals surface area contributed by atoms with Crippen LogP contribution >= 0.6 is 0 Å². The molecule has 0 unspecified atom stereocenters. The van der Waals surface area contributed by atoms with Crippen molar-refractivity contribution in [3.8, 4) is 11.5 Å². The molecule has 0 radical (unpaired) electrons. The quantitative estimate of drug-likeness (QED) is 0.319. The normalized spacial score (nSPS) is 11.5. The summed E-state index contributed by atoms with van der Waals surface area (Å²) < 4.78 is 10.3. The number of phenolic OH excluding ortho intramolecular Hbond substituents is 1. The van der Waals surface area contributed by atoms with E-state index < -0.39 is 24.0 Å². The number of hydrogen-bond donors (Lipinski definition) is 4. The van der Waals surface area contributed by atoms with Crippen molar-refractivity contribution < 1.29 is 34.2 Å². The van der Waals surface area contributed by atoms with E-state index in [-0.39, 0.29) is 23.5 Å². The first-order valence-electron chi connectivity index (χ1n) is 8.49. The molecule has 152 valence electrons. The Kier molecular flexibility index (Phi) is 7.75. The predicted octanol–water partition coefficient (Wildman–Crippen LogP) is 2.46. The van der Waals surface area contributed by atoms with Crippen molar-refractivity contribution in [3.05, 3.63) is 71.8 Å². The fourth-order valence-corrected chi connectivity index (χ4v) is 2.41. The summed E-state index contributed by atoms with van der Waals surface area (Å²) in [6, 6.07) is 12.5. The van der Waals surface area contributed by atoms with Crippen molar-refractivity contribution in [3.63, 3.8) is 0 Å². The van der Waals surface area contributed by atoms with E-state index in [2.05, 4.69) is 5.32 Å². The number of aromatic hydroxyl groups is 1. The summed E-state index contributed by atoms with van der Waals surface area (Å²) in [6.07, 6.45) is 0.514. The fourth-order valence-electron chi connectivity index (χ4n) is 2.41.